The van der Waals surface area contributed by atoms with Crippen LogP contribution >= 0.6 is 0 Å². The molecule has 0 bridgehead atoms. The van der Waals surface area contributed by atoms with Crippen molar-refractivity contribution in [3.63, 3.8) is 0 Å². The van der Waals surface area contributed by atoms with Crippen molar-refractivity contribution in [2.45, 2.75) is 38.3 Å². The number of nitrogens with one attached hydrogen (secondary N) is 1. The summed E-state index contributed by atoms with van der Waals surface area (Å²) >= 11 is 0. The van der Waals surface area contributed by atoms with Crippen LogP contribution in [0.5, 0.6) is 0 Å². The fourth-order valence-electron chi connectivity index (χ4n) is 4.67. The number of carbonyl (C=O) groups excluding carboxylic acids is 1. The maximum atomic E-state index is 13.3. The van der Waals surface area contributed by atoms with Crippen molar-refractivity contribution in [3.8, 4) is 0 Å². The number of aromatic nitrogens is 1. The highest BCUT2D eigenvalue weighted by atomic mass is 19.4. The molecule has 1 amide bonds. The molecule has 0 saturated carbocycles. The van der Waals surface area contributed by atoms with E-state index in [1.165, 1.54) is 25.5 Å². The minimum atomic E-state index is -4.43. The van der Waals surface area contributed by atoms with Gasteiger partial charge < -0.3 is 10.2 Å². The van der Waals surface area contributed by atoms with E-state index in [9.17, 15) is 18.0 Å². The fraction of sp³-hybridized carbons (Fsp3) is 0.565. The molecule has 2 aliphatic rings. The number of likely N-dealkylation sites (tertiary alicyclic amines) is 1. The highest BCUT2D eigenvalue weighted by Crippen LogP contribution is 2.38. The zero-order chi connectivity index (χ0) is 21.8. The quantitative estimate of drug-likeness (QED) is 0.771. The standard InChI is InChI=1S/C23H29F3N4O/c24-23(25,26)19-6-7-20(18-5-4-10-27-22(18)19)30-13-8-17(9-14-30)15-28-21(31)16-29-11-2-1-3-12-29/h4-7,10,17H,1-3,8-9,11-16H2,(H,28,31). The van der Waals surface area contributed by atoms with Crippen LogP contribution in [-0.2, 0) is 11.0 Å². The number of halogens is 3. The number of carbonyl (C=O) groups is 1. The first-order valence-electron chi connectivity index (χ1n) is 11.1. The van der Waals surface area contributed by atoms with Gasteiger partial charge in [-0.2, -0.15) is 13.2 Å². The maximum Gasteiger partial charge on any atom is 0.418 e. The molecule has 1 aromatic heterocycles. The second kappa shape index (κ2) is 9.42. The van der Waals surface area contributed by atoms with Gasteiger partial charge in [0.15, 0.2) is 0 Å². The first-order chi connectivity index (χ1) is 14.9. The van der Waals surface area contributed by atoms with Crippen molar-refractivity contribution in [1.82, 2.24) is 15.2 Å². The van der Waals surface area contributed by atoms with Crippen molar-refractivity contribution < 1.29 is 18.0 Å². The Morgan fingerprint density at radius 1 is 1.06 bits per heavy atom. The normalized spacial score (nSPS) is 19.0. The van der Waals surface area contributed by atoms with Crippen LogP contribution in [0.2, 0.25) is 0 Å². The molecule has 2 aromatic rings. The number of nitrogens with zero attached hydrogens (tertiary/aromatic N) is 3. The molecule has 2 fully saturated rings. The van der Waals surface area contributed by atoms with Gasteiger partial charge in [-0.15, -0.1) is 0 Å². The molecule has 5 nitrogen and oxygen atoms in total. The first-order valence-corrected chi connectivity index (χ1v) is 11.1. The van der Waals surface area contributed by atoms with E-state index in [1.807, 2.05) is 0 Å². The number of fused-ring (bicyclic) bond motifs is 1. The Kier molecular flexibility index (Phi) is 6.65. The van der Waals surface area contributed by atoms with Gasteiger partial charge in [0.2, 0.25) is 5.91 Å². The smallest absolute Gasteiger partial charge is 0.371 e. The van der Waals surface area contributed by atoms with Gasteiger partial charge in [0, 0.05) is 36.9 Å². The molecule has 0 radical (unpaired) electrons. The average molecular weight is 435 g/mol. The van der Waals surface area contributed by atoms with Gasteiger partial charge in [-0.05, 0) is 69.0 Å². The fourth-order valence-corrected chi connectivity index (χ4v) is 4.67. The molecule has 0 spiro atoms. The Morgan fingerprint density at radius 2 is 1.81 bits per heavy atom. The zero-order valence-corrected chi connectivity index (χ0v) is 17.6. The minimum Gasteiger partial charge on any atom is -0.371 e. The van der Waals surface area contributed by atoms with Crippen LogP contribution in [0.4, 0.5) is 18.9 Å². The summed E-state index contributed by atoms with van der Waals surface area (Å²) in [6.07, 6.45) is 2.35. The highest BCUT2D eigenvalue weighted by Gasteiger charge is 2.34. The summed E-state index contributed by atoms with van der Waals surface area (Å²) in [6, 6.07) is 6.08. The Morgan fingerprint density at radius 3 is 2.52 bits per heavy atom. The lowest BCUT2D eigenvalue weighted by atomic mass is 9.95. The van der Waals surface area contributed by atoms with E-state index < -0.39 is 11.7 Å². The Bertz CT molecular complexity index is 903. The molecule has 31 heavy (non-hydrogen) atoms. The third kappa shape index (κ3) is 5.29. The van der Waals surface area contributed by atoms with Gasteiger partial charge in [-0.25, -0.2) is 0 Å². The number of anilines is 1. The highest BCUT2D eigenvalue weighted by molar-refractivity contribution is 5.94. The summed E-state index contributed by atoms with van der Waals surface area (Å²) in [4.78, 5) is 20.6. The molecule has 0 unspecified atom stereocenters. The van der Waals surface area contributed by atoms with Gasteiger partial charge in [-0.1, -0.05) is 6.42 Å². The largest absolute Gasteiger partial charge is 0.418 e. The average Bonchev–Trinajstić information content (AvgIpc) is 2.77. The van der Waals surface area contributed by atoms with E-state index in [-0.39, 0.29) is 11.4 Å². The predicted molar refractivity (Wildman–Crippen MR) is 115 cm³/mol. The van der Waals surface area contributed by atoms with E-state index in [0.29, 0.717) is 24.4 Å². The Hall–Kier alpha value is -2.35. The van der Waals surface area contributed by atoms with Crippen LogP contribution in [-0.4, -0.2) is 55.1 Å². The predicted octanol–water partition coefficient (Wildman–Crippen LogP) is 4.07. The SMILES string of the molecule is O=C(CN1CCCCC1)NCC1CCN(c2ccc(C(F)(F)F)c3ncccc23)CC1. The van der Waals surface area contributed by atoms with Crippen LogP contribution < -0.4 is 10.2 Å². The summed E-state index contributed by atoms with van der Waals surface area (Å²) in [5, 5.41) is 3.61. The molecule has 1 aromatic carbocycles. The summed E-state index contributed by atoms with van der Waals surface area (Å²) < 4.78 is 40.0. The van der Waals surface area contributed by atoms with Gasteiger partial charge in [0.05, 0.1) is 17.6 Å². The lowest BCUT2D eigenvalue weighted by Crippen LogP contribution is -2.43. The van der Waals surface area contributed by atoms with Gasteiger partial charge in [0.1, 0.15) is 0 Å². The second-order valence-electron chi connectivity index (χ2n) is 8.60. The summed E-state index contributed by atoms with van der Waals surface area (Å²) in [5.41, 5.74) is 0.0986. The number of rotatable bonds is 5. The summed E-state index contributed by atoms with van der Waals surface area (Å²) in [7, 11) is 0. The number of hydrogen-bond donors (Lipinski definition) is 1. The van der Waals surface area contributed by atoms with Crippen LogP contribution in [0, 0.1) is 5.92 Å². The molecule has 2 aliphatic heterocycles. The van der Waals surface area contributed by atoms with Gasteiger partial charge in [0.25, 0.3) is 0 Å². The van der Waals surface area contributed by atoms with E-state index in [1.54, 1.807) is 18.2 Å². The monoisotopic (exact) mass is 434 g/mol. The Balaban J connectivity index is 1.34. The number of pyridine rings is 1. The number of benzene rings is 1. The van der Waals surface area contributed by atoms with Gasteiger partial charge in [-0.3, -0.25) is 14.7 Å². The van der Waals surface area contributed by atoms with Crippen molar-refractivity contribution in [2.24, 2.45) is 5.92 Å². The molecule has 8 heteroatoms. The molecule has 4 rings (SSSR count). The summed E-state index contributed by atoms with van der Waals surface area (Å²) in [5.74, 6) is 0.476. The number of hydrogen-bond acceptors (Lipinski definition) is 4. The number of piperidine rings is 2. The van der Waals surface area contributed by atoms with Crippen LogP contribution in [0.3, 0.4) is 0 Å². The Labute approximate surface area is 180 Å². The maximum absolute atomic E-state index is 13.3. The number of alkyl halides is 3. The molecule has 2 saturated heterocycles. The third-order valence-corrected chi connectivity index (χ3v) is 6.41. The van der Waals surface area contributed by atoms with Crippen LogP contribution in [0.25, 0.3) is 10.9 Å². The minimum absolute atomic E-state index is 0.000371. The lowest BCUT2D eigenvalue weighted by molar-refractivity contribution is -0.136. The number of amides is 1. The molecule has 0 aliphatic carbocycles. The van der Waals surface area contributed by atoms with Crippen molar-refractivity contribution in [1.29, 1.82) is 0 Å². The molecule has 3 heterocycles. The topological polar surface area (TPSA) is 48.5 Å². The molecular weight excluding hydrogens is 405 g/mol. The van der Waals surface area contributed by atoms with Crippen LogP contribution in [0.1, 0.15) is 37.7 Å². The van der Waals surface area contributed by atoms with E-state index in [2.05, 4.69) is 20.1 Å². The van der Waals surface area contributed by atoms with Crippen LogP contribution in [0.15, 0.2) is 30.5 Å². The van der Waals surface area contributed by atoms with Crippen molar-refractivity contribution in [2.75, 3.05) is 44.2 Å². The van der Waals surface area contributed by atoms with E-state index in [4.69, 9.17) is 0 Å². The third-order valence-electron chi connectivity index (χ3n) is 6.41. The lowest BCUT2D eigenvalue weighted by Gasteiger charge is -2.34. The molecular formula is C23H29F3N4O. The van der Waals surface area contributed by atoms with E-state index in [0.717, 1.165) is 50.8 Å². The molecule has 168 valence electrons. The molecule has 0 atom stereocenters. The van der Waals surface area contributed by atoms with Crippen molar-refractivity contribution in [3.05, 3.63) is 36.0 Å². The van der Waals surface area contributed by atoms with E-state index >= 15 is 0 Å². The summed E-state index contributed by atoms with van der Waals surface area (Å²) in [6.45, 7) is 4.65. The zero-order valence-electron chi connectivity index (χ0n) is 17.6. The van der Waals surface area contributed by atoms with Gasteiger partial charge >= 0.3 is 6.18 Å². The second-order valence-corrected chi connectivity index (χ2v) is 8.60. The molecule has 1 N–H and O–H groups in total. The first kappa shape index (κ1) is 21.9. The van der Waals surface area contributed by atoms with Crippen molar-refractivity contribution >= 4 is 22.5 Å².